The van der Waals surface area contributed by atoms with E-state index in [1.165, 1.54) is 32.1 Å². The van der Waals surface area contributed by atoms with Crippen molar-refractivity contribution < 1.29 is 0 Å². The zero-order chi connectivity index (χ0) is 10.9. The quantitative estimate of drug-likeness (QED) is 0.530. The minimum absolute atomic E-state index is 0.399. The van der Waals surface area contributed by atoms with E-state index in [1.807, 2.05) is 0 Å². The largest absolute Gasteiger partial charge is 0.370 e. The lowest BCUT2D eigenvalue weighted by molar-refractivity contribution is 0.427. The van der Waals surface area contributed by atoms with Crippen molar-refractivity contribution in [3.63, 3.8) is 0 Å². The molecule has 1 atom stereocenters. The van der Waals surface area contributed by atoms with Gasteiger partial charge in [-0.1, -0.05) is 26.7 Å². The first kappa shape index (κ1) is 10.8. The van der Waals surface area contributed by atoms with Crippen LogP contribution in [0.1, 0.15) is 46.0 Å². The Balaban J connectivity index is 1.91. The maximum atomic E-state index is 6.06. The van der Waals surface area contributed by atoms with Gasteiger partial charge in [0.1, 0.15) is 0 Å². The number of rotatable bonds is 1. The smallest absolute Gasteiger partial charge is 0.191 e. The molecule has 1 unspecified atom stereocenters. The van der Waals surface area contributed by atoms with Crippen LogP contribution in [0.15, 0.2) is 4.99 Å². The van der Waals surface area contributed by atoms with Crippen LogP contribution in [-0.2, 0) is 0 Å². The van der Waals surface area contributed by atoms with Gasteiger partial charge in [0.2, 0.25) is 0 Å². The van der Waals surface area contributed by atoms with Gasteiger partial charge >= 0.3 is 0 Å². The average molecular weight is 209 g/mol. The molecule has 1 saturated heterocycles. The fourth-order valence-electron chi connectivity index (χ4n) is 2.20. The van der Waals surface area contributed by atoms with Gasteiger partial charge in [-0.2, -0.15) is 0 Å². The molecule has 2 N–H and O–H groups in total. The SMILES string of the molecule is CC1(C)CC1N=C(N)N1CCCCCC1. The third-order valence-electron chi connectivity index (χ3n) is 3.68. The van der Waals surface area contributed by atoms with Gasteiger partial charge in [0.25, 0.3) is 0 Å². The minimum Gasteiger partial charge on any atom is -0.370 e. The molecule has 0 aromatic carbocycles. The number of aliphatic imine (C=N–C) groups is 1. The van der Waals surface area contributed by atoms with Crippen molar-refractivity contribution >= 4 is 5.96 Å². The van der Waals surface area contributed by atoms with E-state index in [9.17, 15) is 0 Å². The van der Waals surface area contributed by atoms with Crippen LogP contribution < -0.4 is 5.73 Å². The van der Waals surface area contributed by atoms with Crippen LogP contribution in [0.2, 0.25) is 0 Å². The molecule has 3 heteroatoms. The second-order valence-electron chi connectivity index (χ2n) is 5.60. The van der Waals surface area contributed by atoms with Crippen LogP contribution in [0.25, 0.3) is 0 Å². The summed E-state index contributed by atoms with van der Waals surface area (Å²) < 4.78 is 0. The van der Waals surface area contributed by atoms with Crippen LogP contribution in [-0.4, -0.2) is 30.0 Å². The summed E-state index contributed by atoms with van der Waals surface area (Å²) in [5.74, 6) is 0.785. The molecule has 15 heavy (non-hydrogen) atoms. The predicted octanol–water partition coefficient (Wildman–Crippen LogP) is 1.98. The number of likely N-dealkylation sites (tertiary alicyclic amines) is 1. The van der Waals surface area contributed by atoms with Gasteiger partial charge in [0, 0.05) is 13.1 Å². The first-order valence-electron chi connectivity index (χ1n) is 6.18. The fraction of sp³-hybridized carbons (Fsp3) is 0.917. The van der Waals surface area contributed by atoms with E-state index >= 15 is 0 Å². The van der Waals surface area contributed by atoms with E-state index in [0.29, 0.717) is 11.5 Å². The fourth-order valence-corrected chi connectivity index (χ4v) is 2.20. The first-order chi connectivity index (χ1) is 7.09. The van der Waals surface area contributed by atoms with E-state index in [-0.39, 0.29) is 0 Å². The number of guanidine groups is 1. The van der Waals surface area contributed by atoms with Crippen LogP contribution in [0.5, 0.6) is 0 Å². The second-order valence-corrected chi connectivity index (χ2v) is 5.60. The van der Waals surface area contributed by atoms with E-state index < -0.39 is 0 Å². The van der Waals surface area contributed by atoms with Gasteiger partial charge in [-0.05, 0) is 24.7 Å². The maximum absolute atomic E-state index is 6.06. The van der Waals surface area contributed by atoms with Crippen LogP contribution in [0.4, 0.5) is 0 Å². The van der Waals surface area contributed by atoms with Gasteiger partial charge in [0.05, 0.1) is 6.04 Å². The molecule has 0 amide bonds. The summed E-state index contributed by atoms with van der Waals surface area (Å²) in [6, 6.07) is 0.473. The van der Waals surface area contributed by atoms with Gasteiger partial charge < -0.3 is 10.6 Å². The van der Waals surface area contributed by atoms with Crippen molar-refractivity contribution in [3.05, 3.63) is 0 Å². The van der Waals surface area contributed by atoms with E-state index in [0.717, 1.165) is 19.0 Å². The highest BCUT2D eigenvalue weighted by Gasteiger charge is 2.46. The normalized spacial score (nSPS) is 31.2. The zero-order valence-corrected chi connectivity index (χ0v) is 10.00. The minimum atomic E-state index is 0.399. The lowest BCUT2D eigenvalue weighted by Gasteiger charge is -2.21. The molecule has 2 aliphatic rings. The summed E-state index contributed by atoms with van der Waals surface area (Å²) in [7, 11) is 0. The monoisotopic (exact) mass is 209 g/mol. The third kappa shape index (κ3) is 2.64. The summed E-state index contributed by atoms with van der Waals surface area (Å²) in [5.41, 5.74) is 6.46. The van der Waals surface area contributed by atoms with Gasteiger partial charge in [-0.25, -0.2) is 4.99 Å². The Morgan fingerprint density at radius 3 is 2.20 bits per heavy atom. The van der Waals surface area contributed by atoms with Crippen LogP contribution >= 0.6 is 0 Å². The lowest BCUT2D eigenvalue weighted by Crippen LogP contribution is -2.38. The first-order valence-corrected chi connectivity index (χ1v) is 6.18. The molecule has 0 bridgehead atoms. The molecule has 0 spiro atoms. The topological polar surface area (TPSA) is 41.6 Å². The number of hydrogen-bond donors (Lipinski definition) is 1. The molecule has 86 valence electrons. The van der Waals surface area contributed by atoms with Crippen LogP contribution in [0, 0.1) is 5.41 Å². The van der Waals surface area contributed by atoms with Crippen LogP contribution in [0.3, 0.4) is 0 Å². The highest BCUT2D eigenvalue weighted by atomic mass is 15.3. The van der Waals surface area contributed by atoms with E-state index in [2.05, 4.69) is 23.7 Å². The highest BCUT2D eigenvalue weighted by Crippen LogP contribution is 2.47. The Morgan fingerprint density at radius 2 is 1.73 bits per heavy atom. The molecule has 1 saturated carbocycles. The molecule has 1 aliphatic carbocycles. The van der Waals surface area contributed by atoms with E-state index in [4.69, 9.17) is 5.73 Å². The van der Waals surface area contributed by atoms with E-state index in [1.54, 1.807) is 0 Å². The predicted molar refractivity (Wildman–Crippen MR) is 63.8 cm³/mol. The summed E-state index contributed by atoms with van der Waals surface area (Å²) in [6.45, 7) is 6.72. The molecular formula is C12H23N3. The number of hydrogen-bond acceptors (Lipinski definition) is 1. The number of nitrogens with zero attached hydrogens (tertiary/aromatic N) is 2. The second kappa shape index (κ2) is 4.03. The Bertz CT molecular complexity index is 250. The van der Waals surface area contributed by atoms with Crippen molar-refractivity contribution in [2.24, 2.45) is 16.1 Å². The summed E-state index contributed by atoms with van der Waals surface area (Å²) in [6.07, 6.45) is 6.42. The van der Waals surface area contributed by atoms with Crippen molar-refractivity contribution in [2.45, 2.75) is 52.0 Å². The third-order valence-corrected chi connectivity index (χ3v) is 3.68. The standard InChI is InChI=1S/C12H23N3/c1-12(2)9-10(12)14-11(13)15-7-5-3-4-6-8-15/h10H,3-9H2,1-2H3,(H2,13,14). The van der Waals surface area contributed by atoms with Crippen molar-refractivity contribution in [3.8, 4) is 0 Å². The zero-order valence-electron chi connectivity index (χ0n) is 10.00. The molecule has 2 rings (SSSR count). The van der Waals surface area contributed by atoms with Gasteiger partial charge in [-0.15, -0.1) is 0 Å². The van der Waals surface area contributed by atoms with Crippen molar-refractivity contribution in [1.82, 2.24) is 4.90 Å². The molecule has 0 radical (unpaired) electrons. The molecule has 2 fully saturated rings. The molecule has 1 heterocycles. The number of nitrogens with two attached hydrogens (primary N) is 1. The molecule has 3 nitrogen and oxygen atoms in total. The Hall–Kier alpha value is -0.730. The summed E-state index contributed by atoms with van der Waals surface area (Å²) >= 11 is 0. The highest BCUT2D eigenvalue weighted by molar-refractivity contribution is 5.78. The average Bonchev–Trinajstić information content (AvgIpc) is 2.84. The summed E-state index contributed by atoms with van der Waals surface area (Å²) in [5, 5.41) is 0. The molecule has 1 aliphatic heterocycles. The van der Waals surface area contributed by atoms with Crippen molar-refractivity contribution in [1.29, 1.82) is 0 Å². The Kier molecular flexibility index (Phi) is 2.89. The molecule has 0 aromatic heterocycles. The lowest BCUT2D eigenvalue weighted by atomic mass is 10.2. The molecule has 0 aromatic rings. The van der Waals surface area contributed by atoms with Gasteiger partial charge in [0.15, 0.2) is 5.96 Å². The van der Waals surface area contributed by atoms with Crippen molar-refractivity contribution in [2.75, 3.05) is 13.1 Å². The van der Waals surface area contributed by atoms with Gasteiger partial charge in [-0.3, -0.25) is 0 Å². The summed E-state index contributed by atoms with van der Waals surface area (Å²) in [4.78, 5) is 6.89. The Labute approximate surface area is 92.7 Å². The molecular weight excluding hydrogens is 186 g/mol. The Morgan fingerprint density at radius 1 is 1.20 bits per heavy atom. The maximum Gasteiger partial charge on any atom is 0.191 e.